The van der Waals surface area contributed by atoms with E-state index >= 15 is 0 Å². The summed E-state index contributed by atoms with van der Waals surface area (Å²) in [5.74, 6) is 0.904. The molecule has 2 N–H and O–H groups in total. The topological polar surface area (TPSA) is 40.5 Å². The molecule has 4 heteroatoms. The molecule has 6 unspecified atom stereocenters. The van der Waals surface area contributed by atoms with E-state index in [2.05, 4.69) is 31.9 Å². The van der Waals surface area contributed by atoms with Gasteiger partial charge in [-0.2, -0.15) is 0 Å². The first-order valence-corrected chi connectivity index (χ1v) is 6.52. The van der Waals surface area contributed by atoms with E-state index in [0.29, 0.717) is 18.3 Å². The zero-order valence-corrected chi connectivity index (χ0v) is 10.3. The Morgan fingerprint density at radius 2 is 1.31 bits per heavy atom. The smallest absolute Gasteiger partial charge is 0.0805 e. The second-order valence-electron chi connectivity index (χ2n) is 4.92. The van der Waals surface area contributed by atoms with E-state index in [1.807, 2.05) is 0 Å². The molecule has 0 spiro atoms. The van der Waals surface area contributed by atoms with Crippen LogP contribution in [0.2, 0.25) is 0 Å². The Bertz CT molecular complexity index is 246. The van der Waals surface area contributed by atoms with Crippen LogP contribution in [-0.4, -0.2) is 31.1 Å². The fourth-order valence-electron chi connectivity index (χ4n) is 3.65. The highest BCUT2D eigenvalue weighted by molar-refractivity contribution is 9.10. The molecule has 4 rings (SSSR count). The molecule has 0 aromatic rings. The lowest BCUT2D eigenvalue weighted by Crippen LogP contribution is -2.54. The highest BCUT2D eigenvalue weighted by Crippen LogP contribution is 2.65. The summed E-state index contributed by atoms with van der Waals surface area (Å²) in [4.78, 5) is 0.376. The van der Waals surface area contributed by atoms with E-state index in [0.717, 1.165) is 12.8 Å². The highest BCUT2D eigenvalue weighted by Gasteiger charge is 2.69. The molecule has 0 amide bonds. The third-order valence-corrected chi connectivity index (χ3v) is 7.18. The van der Waals surface area contributed by atoms with Crippen LogP contribution in [0, 0.1) is 11.8 Å². The Kier molecular flexibility index (Phi) is 1.64. The first-order valence-electron chi connectivity index (χ1n) is 4.69. The molecule has 0 aromatic heterocycles. The van der Waals surface area contributed by atoms with Crippen molar-refractivity contribution >= 4 is 31.9 Å². The predicted octanol–water partition coefficient (Wildman–Crippen LogP) is 1.42. The van der Waals surface area contributed by atoms with Crippen LogP contribution in [0.1, 0.15) is 19.3 Å². The van der Waals surface area contributed by atoms with Crippen LogP contribution < -0.4 is 0 Å². The van der Waals surface area contributed by atoms with Crippen molar-refractivity contribution < 1.29 is 10.2 Å². The lowest BCUT2D eigenvalue weighted by atomic mass is 9.75. The summed E-state index contributed by atoms with van der Waals surface area (Å²) in [6.07, 6.45) is 2.20. The highest BCUT2D eigenvalue weighted by atomic mass is 79.9. The number of halogens is 2. The molecule has 6 atom stereocenters. The molecule has 74 valence electrons. The molecule has 0 heterocycles. The fourth-order valence-corrected chi connectivity index (χ4v) is 5.51. The van der Waals surface area contributed by atoms with E-state index in [1.165, 1.54) is 0 Å². The van der Waals surface area contributed by atoms with Crippen molar-refractivity contribution in [3.8, 4) is 0 Å². The third kappa shape index (κ3) is 0.912. The largest absolute Gasteiger partial charge is 0.389 e. The molecule has 0 aliphatic heterocycles. The van der Waals surface area contributed by atoms with Crippen LogP contribution in [0.25, 0.3) is 0 Å². The van der Waals surface area contributed by atoms with Gasteiger partial charge in [0.2, 0.25) is 0 Å². The van der Waals surface area contributed by atoms with Gasteiger partial charge < -0.3 is 10.2 Å². The normalized spacial score (nSPS) is 69.2. The molecule has 4 saturated carbocycles. The van der Waals surface area contributed by atoms with E-state index in [-0.39, 0.29) is 9.65 Å². The SMILES string of the molecule is OC12CC3C(CC(O)(C1)C3Br)C2Br. The second kappa shape index (κ2) is 2.34. The quantitative estimate of drug-likeness (QED) is 0.664. The molecule has 4 fully saturated rings. The van der Waals surface area contributed by atoms with E-state index in [9.17, 15) is 10.2 Å². The van der Waals surface area contributed by atoms with Gasteiger partial charge in [-0.05, 0) is 24.7 Å². The molecule has 4 aliphatic rings. The Morgan fingerprint density at radius 1 is 0.923 bits per heavy atom. The van der Waals surface area contributed by atoms with Gasteiger partial charge >= 0.3 is 0 Å². The van der Waals surface area contributed by atoms with Gasteiger partial charge in [0.15, 0.2) is 0 Å². The van der Waals surface area contributed by atoms with Crippen LogP contribution in [0.4, 0.5) is 0 Å². The van der Waals surface area contributed by atoms with Gasteiger partial charge in [0.05, 0.1) is 11.2 Å². The minimum absolute atomic E-state index is 0.188. The van der Waals surface area contributed by atoms with Crippen LogP contribution in [0.15, 0.2) is 0 Å². The van der Waals surface area contributed by atoms with Gasteiger partial charge in [0.1, 0.15) is 0 Å². The van der Waals surface area contributed by atoms with Crippen molar-refractivity contribution in [1.29, 1.82) is 0 Å². The summed E-state index contributed by atoms with van der Waals surface area (Å²) in [6.45, 7) is 0. The average Bonchev–Trinajstić information content (AvgIpc) is 2.35. The maximum atomic E-state index is 10.2. The number of rotatable bonds is 0. The lowest BCUT2D eigenvalue weighted by molar-refractivity contribution is -0.0898. The molecular weight excluding hydrogens is 300 g/mol. The van der Waals surface area contributed by atoms with Crippen molar-refractivity contribution in [2.45, 2.75) is 40.1 Å². The molecular formula is C9H12Br2O2. The molecule has 0 saturated heterocycles. The first-order chi connectivity index (χ1) is 5.96. The minimum Gasteiger partial charge on any atom is -0.389 e. The molecule has 4 bridgehead atoms. The zero-order valence-electron chi connectivity index (χ0n) is 7.08. The lowest BCUT2D eigenvalue weighted by Gasteiger charge is -2.44. The van der Waals surface area contributed by atoms with Gasteiger partial charge in [-0.3, -0.25) is 0 Å². The standard InChI is InChI=1S/C9H12Br2O2/c10-6-4-1-8(12)3-9(6,13)2-5(4)7(8)11/h4-7,12-13H,1-3H2. The molecule has 13 heavy (non-hydrogen) atoms. The second-order valence-corrected chi connectivity index (χ2v) is 6.90. The van der Waals surface area contributed by atoms with Crippen molar-refractivity contribution in [3.63, 3.8) is 0 Å². The number of alkyl halides is 2. The monoisotopic (exact) mass is 310 g/mol. The van der Waals surface area contributed by atoms with Gasteiger partial charge in [-0.1, -0.05) is 31.9 Å². The maximum Gasteiger partial charge on any atom is 0.0805 e. The minimum atomic E-state index is -0.646. The number of hydrogen-bond donors (Lipinski definition) is 2. The zero-order chi connectivity index (χ0) is 9.43. The molecule has 0 radical (unpaired) electrons. The molecule has 0 aromatic carbocycles. The van der Waals surface area contributed by atoms with Crippen LogP contribution in [-0.2, 0) is 0 Å². The van der Waals surface area contributed by atoms with E-state index < -0.39 is 11.2 Å². The van der Waals surface area contributed by atoms with Gasteiger partial charge in [0, 0.05) is 16.1 Å². The summed E-state index contributed by atoms with van der Waals surface area (Å²) < 4.78 is 0. The summed E-state index contributed by atoms with van der Waals surface area (Å²) in [7, 11) is 0. The van der Waals surface area contributed by atoms with Crippen molar-refractivity contribution in [3.05, 3.63) is 0 Å². The molecule has 4 aliphatic carbocycles. The van der Waals surface area contributed by atoms with Crippen molar-refractivity contribution in [2.24, 2.45) is 11.8 Å². The van der Waals surface area contributed by atoms with Crippen molar-refractivity contribution in [2.75, 3.05) is 0 Å². The summed E-state index contributed by atoms with van der Waals surface area (Å²) in [6, 6.07) is 0. The maximum absolute atomic E-state index is 10.2. The number of aliphatic hydroxyl groups is 2. The Morgan fingerprint density at radius 3 is 1.69 bits per heavy atom. The van der Waals surface area contributed by atoms with Crippen LogP contribution >= 0.6 is 31.9 Å². The number of hydrogen-bond acceptors (Lipinski definition) is 2. The molecule has 2 nitrogen and oxygen atoms in total. The summed E-state index contributed by atoms with van der Waals surface area (Å²) in [5, 5.41) is 20.5. The first kappa shape index (κ1) is 9.13. The van der Waals surface area contributed by atoms with Crippen LogP contribution in [0.5, 0.6) is 0 Å². The summed E-state index contributed by atoms with van der Waals surface area (Å²) >= 11 is 7.15. The fraction of sp³-hybridized carbons (Fsp3) is 1.00. The summed E-state index contributed by atoms with van der Waals surface area (Å²) in [5.41, 5.74) is -1.29. The van der Waals surface area contributed by atoms with E-state index in [4.69, 9.17) is 0 Å². The van der Waals surface area contributed by atoms with E-state index in [1.54, 1.807) is 0 Å². The van der Waals surface area contributed by atoms with Crippen molar-refractivity contribution in [1.82, 2.24) is 0 Å². The average molecular weight is 312 g/mol. The Hall–Kier alpha value is 0.880. The third-order valence-electron chi connectivity index (χ3n) is 4.12. The Balaban J connectivity index is 2.07. The van der Waals surface area contributed by atoms with Gasteiger partial charge in [-0.25, -0.2) is 0 Å². The van der Waals surface area contributed by atoms with Crippen LogP contribution in [0.3, 0.4) is 0 Å². The Labute approximate surface area is 94.0 Å². The van der Waals surface area contributed by atoms with Gasteiger partial charge in [0.25, 0.3) is 0 Å². The predicted molar refractivity (Wildman–Crippen MR) is 56.2 cm³/mol. The van der Waals surface area contributed by atoms with Gasteiger partial charge in [-0.15, -0.1) is 0 Å².